The molecule has 4 aromatic heterocycles. The number of carbonyl (C=O) groups excluding carboxylic acids is 4. The topological polar surface area (TPSA) is 340 Å². The largest absolute Gasteiger partial charge is 0.497 e. The van der Waals surface area contributed by atoms with Gasteiger partial charge in [-0.3, -0.25) is 37.4 Å². The number of carbonyl (C=O) groups is 4. The molecule has 482 valence electrons. The highest BCUT2D eigenvalue weighted by molar-refractivity contribution is 7.47. The van der Waals surface area contributed by atoms with Crippen LogP contribution in [0, 0.1) is 0 Å². The third-order valence-electron chi connectivity index (χ3n) is 15.4. The molecular weight excluding hydrogens is 1230 g/mol. The first-order valence-corrected chi connectivity index (χ1v) is 30.7. The third kappa shape index (κ3) is 14.7. The molecule has 93 heavy (non-hydrogen) atoms. The van der Waals surface area contributed by atoms with Crippen molar-refractivity contribution in [3.8, 4) is 11.5 Å². The van der Waals surface area contributed by atoms with Crippen molar-refractivity contribution >= 4 is 54.4 Å². The number of aromatic nitrogens is 8. The maximum Gasteiger partial charge on any atom is 0.472 e. The lowest BCUT2D eigenvalue weighted by molar-refractivity contribution is -0.671. The fourth-order valence-corrected chi connectivity index (χ4v) is 11.8. The van der Waals surface area contributed by atoms with Crippen molar-refractivity contribution in [2.24, 2.45) is 7.05 Å². The third-order valence-corrected chi connectivity index (χ3v) is 16.4. The van der Waals surface area contributed by atoms with Crippen LogP contribution in [0.4, 0.5) is 11.6 Å². The highest BCUT2D eigenvalue weighted by Gasteiger charge is 2.53. The summed E-state index contributed by atoms with van der Waals surface area (Å²) in [6, 6.07) is 41.2. The first-order valence-electron chi connectivity index (χ1n) is 29.2. The van der Waals surface area contributed by atoms with Gasteiger partial charge in [0.1, 0.15) is 85.3 Å². The number of phosphoric acid groups is 1. The number of rotatable bonds is 26. The number of methoxy groups -OCH3 is 2. The van der Waals surface area contributed by atoms with Gasteiger partial charge in [0.15, 0.2) is 35.5 Å². The Morgan fingerprint density at radius 3 is 1.89 bits per heavy atom. The number of aryl methyl sites for hydroxylation is 1. The number of nitrogens with one attached hydrogen (secondary N) is 2. The smallest absolute Gasteiger partial charge is 0.472 e. The number of aliphatic hydroxyl groups is 2. The first-order chi connectivity index (χ1) is 45.0. The molecule has 2 amide bonds. The second-order valence-electron chi connectivity index (χ2n) is 21.4. The minimum Gasteiger partial charge on any atom is -0.497 e. The number of amides is 2. The maximum atomic E-state index is 14.6. The van der Waals surface area contributed by atoms with Crippen LogP contribution in [0.3, 0.4) is 0 Å². The average Bonchev–Trinajstić information content (AvgIpc) is 1.76. The fourth-order valence-electron chi connectivity index (χ4n) is 10.8. The number of phosphoric ester groups is 1. The van der Waals surface area contributed by atoms with E-state index in [9.17, 15) is 43.6 Å². The van der Waals surface area contributed by atoms with E-state index >= 15 is 0 Å². The summed E-state index contributed by atoms with van der Waals surface area (Å²) in [5.74, 6) is -1.89. The number of hydrogen-bond donors (Lipinski definition) is 5. The number of benzene rings is 5. The summed E-state index contributed by atoms with van der Waals surface area (Å²) in [4.78, 5) is 95.4. The monoisotopic (exact) mass is 1290 g/mol. The molecule has 6 heterocycles. The Hall–Kier alpha value is -9.87. The zero-order valence-corrected chi connectivity index (χ0v) is 51.1. The Bertz CT molecular complexity index is 4140. The lowest BCUT2D eigenvalue weighted by Crippen LogP contribution is -2.41. The molecule has 2 aliphatic heterocycles. The predicted molar refractivity (Wildman–Crippen MR) is 327 cm³/mol. The molecule has 9 atom stereocenters. The summed E-state index contributed by atoms with van der Waals surface area (Å²) < 4.78 is 73.9. The van der Waals surface area contributed by atoms with Crippen LogP contribution in [0.5, 0.6) is 11.5 Å². The molecule has 5 aromatic carbocycles. The van der Waals surface area contributed by atoms with Crippen LogP contribution in [-0.4, -0.2) is 143 Å². The molecular formula is C64H64N10O18P+. The first kappa shape index (κ1) is 64.7. The van der Waals surface area contributed by atoms with Crippen LogP contribution in [0.2, 0.25) is 0 Å². The van der Waals surface area contributed by atoms with Gasteiger partial charge in [0.25, 0.3) is 11.8 Å². The molecule has 28 nitrogen and oxygen atoms in total. The van der Waals surface area contributed by atoms with Gasteiger partial charge in [0.2, 0.25) is 6.33 Å². The number of ether oxygens (including phenoxy) is 7. The SMILES string of the molecule is COc1ccc(C(OC[C@H]2O[C@@H](n3cnc4c(NC(=O)c5ccccc5)ncnc43)[C@H](O)[C@@H]2OP(=O)(O)OC[C@H]2O[C@@H](n3ccc(NC(=O)c4ccccc4)nc3=O)[C@H](OC(=O)CCC(=O)OCCn3cc[n+](C)c3)[C@@H]2O)(c2ccccc2)c2ccc(OC)cc2)cc1. The summed E-state index contributed by atoms with van der Waals surface area (Å²) in [5.41, 5.74) is 0.0351. The Labute approximate surface area is 530 Å². The molecule has 9 aromatic rings. The number of imidazole rings is 2. The van der Waals surface area contributed by atoms with Crippen LogP contribution in [0.15, 0.2) is 188 Å². The van der Waals surface area contributed by atoms with Crippen molar-refractivity contribution in [3.63, 3.8) is 0 Å². The van der Waals surface area contributed by atoms with Crippen LogP contribution in [0.1, 0.15) is 62.7 Å². The van der Waals surface area contributed by atoms with E-state index in [1.165, 1.54) is 37.5 Å². The lowest BCUT2D eigenvalue weighted by Gasteiger charge is -2.37. The lowest BCUT2D eigenvalue weighted by atomic mass is 9.80. The Balaban J connectivity index is 0.873. The van der Waals surface area contributed by atoms with Crippen molar-refractivity contribution in [2.75, 3.05) is 44.7 Å². The van der Waals surface area contributed by atoms with Gasteiger partial charge in [-0.2, -0.15) is 4.98 Å². The van der Waals surface area contributed by atoms with Crippen molar-refractivity contribution in [3.05, 3.63) is 221 Å². The van der Waals surface area contributed by atoms with Gasteiger partial charge in [-0.15, -0.1) is 0 Å². The fraction of sp³-hybridized carbons (Fsp3) is 0.281. The van der Waals surface area contributed by atoms with Crippen molar-refractivity contribution in [1.29, 1.82) is 0 Å². The van der Waals surface area contributed by atoms with Crippen LogP contribution in [-0.2, 0) is 66.1 Å². The average molecular weight is 1290 g/mol. The quantitative estimate of drug-likeness (QED) is 0.0201. The van der Waals surface area contributed by atoms with E-state index in [2.05, 4.69) is 30.6 Å². The molecule has 0 radical (unpaired) electrons. The normalized spacial score (nSPS) is 20.2. The Morgan fingerprint density at radius 2 is 1.28 bits per heavy atom. The van der Waals surface area contributed by atoms with E-state index < -0.39 is 118 Å². The number of fused-ring (bicyclic) bond motifs is 1. The molecule has 0 bridgehead atoms. The highest BCUT2D eigenvalue weighted by atomic mass is 31.2. The molecule has 0 saturated carbocycles. The second kappa shape index (κ2) is 28.7. The zero-order chi connectivity index (χ0) is 65.2. The molecule has 11 rings (SSSR count). The molecule has 2 fully saturated rings. The molecule has 2 saturated heterocycles. The van der Waals surface area contributed by atoms with Gasteiger partial charge >= 0.3 is 25.5 Å². The van der Waals surface area contributed by atoms with Crippen molar-refractivity contribution in [2.45, 2.75) is 74.1 Å². The van der Waals surface area contributed by atoms with E-state index in [-0.39, 0.29) is 35.0 Å². The molecule has 5 N–H and O–H groups in total. The minimum atomic E-state index is -5.50. The van der Waals surface area contributed by atoms with Gasteiger partial charge in [-0.25, -0.2) is 33.4 Å². The summed E-state index contributed by atoms with van der Waals surface area (Å²) in [5, 5.41) is 29.7. The molecule has 0 spiro atoms. The number of anilines is 2. The Kier molecular flexibility index (Phi) is 20.0. The van der Waals surface area contributed by atoms with E-state index in [1.54, 1.807) is 102 Å². The maximum absolute atomic E-state index is 14.6. The zero-order valence-electron chi connectivity index (χ0n) is 50.2. The standard InChI is InChI=1S/C64H63N10O18P/c1-71-31-32-72(39-71)33-34-86-50(75)27-28-51(76)91-56-53(77)47(89-62(56)73-30-29-49(69-63(73)81)68-59(79)40-13-7-4-8-14-40)36-88-93(82,83)92-55-48(90-61(54(55)78)74-38-67-52-57(65-37-66-58(52)74)70-60(80)41-15-9-5-10-16-41)35-87-64(42-17-11-6-12-18-42,43-19-23-45(84-2)24-20-43)44-21-25-46(85-3)26-22-44/h4-26,29-32,37-39,47-48,53-56,61-62,77-78H,27-28,33-36H2,1-3H3,(H2-,65,66,68,69,70,79,80,81,82,83)/p+1/t47-,48-,53-,54-,55-,56-,61-,62-/m1/s1. The van der Waals surface area contributed by atoms with Crippen LogP contribution >= 0.6 is 7.82 Å². The molecule has 1 unspecified atom stereocenters. The molecule has 2 aliphatic rings. The van der Waals surface area contributed by atoms with Gasteiger partial charge in [-0.1, -0.05) is 91.0 Å². The Morgan fingerprint density at radius 1 is 0.677 bits per heavy atom. The highest BCUT2D eigenvalue weighted by Crippen LogP contribution is 2.51. The van der Waals surface area contributed by atoms with Gasteiger partial charge < -0.3 is 58.9 Å². The number of esters is 2. The summed E-state index contributed by atoms with van der Waals surface area (Å²) >= 11 is 0. The van der Waals surface area contributed by atoms with Gasteiger partial charge in [-0.05, 0) is 71.3 Å². The van der Waals surface area contributed by atoms with E-state index in [4.69, 9.17) is 42.2 Å². The second-order valence-corrected chi connectivity index (χ2v) is 22.8. The van der Waals surface area contributed by atoms with Gasteiger partial charge in [0, 0.05) is 17.3 Å². The molecule has 29 heteroatoms. The van der Waals surface area contributed by atoms with E-state index in [0.29, 0.717) is 40.3 Å². The van der Waals surface area contributed by atoms with Crippen molar-refractivity contribution in [1.82, 2.24) is 33.6 Å². The van der Waals surface area contributed by atoms with Gasteiger partial charge in [0.05, 0.1) is 53.6 Å². The van der Waals surface area contributed by atoms with E-state index in [0.717, 1.165) is 10.8 Å². The number of hydrogen-bond acceptors (Lipinski definition) is 21. The minimum absolute atomic E-state index is 0.000636. The summed E-state index contributed by atoms with van der Waals surface area (Å²) in [6.07, 6.45) is -5.68. The number of nitrogens with zero attached hydrogens (tertiary/aromatic N) is 8. The molecule has 0 aliphatic carbocycles. The summed E-state index contributed by atoms with van der Waals surface area (Å²) in [7, 11) is -0.603. The van der Waals surface area contributed by atoms with Crippen LogP contribution < -0.4 is 30.4 Å². The van der Waals surface area contributed by atoms with Crippen molar-refractivity contribution < 1.29 is 85.6 Å². The summed E-state index contributed by atoms with van der Waals surface area (Å²) in [6.45, 7) is -1.14. The predicted octanol–water partition coefficient (Wildman–Crippen LogP) is 5.19. The van der Waals surface area contributed by atoms with Crippen LogP contribution in [0.25, 0.3) is 11.2 Å². The van der Waals surface area contributed by atoms with E-state index in [1.807, 2.05) is 72.4 Å². The number of aliphatic hydroxyl groups excluding tert-OH is 2.